The van der Waals surface area contributed by atoms with E-state index in [2.05, 4.69) is 15.4 Å². The molecule has 0 aliphatic carbocycles. The van der Waals surface area contributed by atoms with Gasteiger partial charge in [0.25, 0.3) is 0 Å². The van der Waals surface area contributed by atoms with E-state index in [-0.39, 0.29) is 11.7 Å². The van der Waals surface area contributed by atoms with Crippen molar-refractivity contribution >= 4 is 6.09 Å². The fourth-order valence-corrected chi connectivity index (χ4v) is 3.25. The molecule has 0 spiro atoms. The summed E-state index contributed by atoms with van der Waals surface area (Å²) < 4.78 is 18.8. The zero-order valence-corrected chi connectivity index (χ0v) is 13.5. The van der Waals surface area contributed by atoms with Crippen molar-refractivity contribution in [3.05, 3.63) is 35.6 Å². The fraction of sp³-hybridized carbons (Fsp3) is 0.588. The van der Waals surface area contributed by atoms with Gasteiger partial charge in [-0.25, -0.2) is 9.18 Å². The Morgan fingerprint density at radius 3 is 2.96 bits per heavy atom. The van der Waals surface area contributed by atoms with Crippen molar-refractivity contribution in [2.75, 3.05) is 26.7 Å². The van der Waals surface area contributed by atoms with Crippen molar-refractivity contribution in [3.8, 4) is 0 Å². The quantitative estimate of drug-likeness (QED) is 0.701. The molecule has 0 saturated carbocycles. The normalized spacial score (nSPS) is 20.6. The van der Waals surface area contributed by atoms with Gasteiger partial charge in [0.15, 0.2) is 0 Å². The van der Waals surface area contributed by atoms with Crippen LogP contribution < -0.4 is 10.6 Å². The second-order valence-electron chi connectivity index (χ2n) is 5.97. The lowest BCUT2D eigenvalue weighted by atomic mass is 9.74. The second-order valence-corrected chi connectivity index (χ2v) is 5.97. The standard InChI is InChI=1S/C17H25FN2O3/c1-23-16(21)20-11-5-9-17(22,13-6-4-10-19-12-13)14-7-2-3-8-15(14)18/h2-3,7-8,13,19,22H,4-6,9-12H2,1H3,(H,20,21). The van der Waals surface area contributed by atoms with Crippen molar-refractivity contribution in [1.29, 1.82) is 0 Å². The molecule has 1 aromatic carbocycles. The summed E-state index contributed by atoms with van der Waals surface area (Å²) in [6, 6.07) is 6.39. The average molecular weight is 324 g/mol. The van der Waals surface area contributed by atoms with Crippen LogP contribution in [0.15, 0.2) is 24.3 Å². The van der Waals surface area contributed by atoms with Crippen LogP contribution in [0.2, 0.25) is 0 Å². The summed E-state index contributed by atoms with van der Waals surface area (Å²) in [7, 11) is 1.30. The van der Waals surface area contributed by atoms with Crippen LogP contribution in [0.5, 0.6) is 0 Å². The zero-order valence-electron chi connectivity index (χ0n) is 13.5. The molecule has 2 atom stereocenters. The van der Waals surface area contributed by atoms with Crippen molar-refractivity contribution in [3.63, 3.8) is 0 Å². The van der Waals surface area contributed by atoms with Gasteiger partial charge in [-0.1, -0.05) is 18.2 Å². The van der Waals surface area contributed by atoms with Crippen LogP contribution in [0.4, 0.5) is 9.18 Å². The monoisotopic (exact) mass is 324 g/mol. The summed E-state index contributed by atoms with van der Waals surface area (Å²) in [5.74, 6) is -0.437. The van der Waals surface area contributed by atoms with E-state index in [0.29, 0.717) is 31.5 Å². The van der Waals surface area contributed by atoms with Crippen LogP contribution in [-0.2, 0) is 10.3 Å². The highest BCUT2D eigenvalue weighted by atomic mass is 19.1. The highest BCUT2D eigenvalue weighted by Gasteiger charge is 2.40. The summed E-state index contributed by atoms with van der Waals surface area (Å²) in [6.45, 7) is 1.96. The minimum absolute atomic E-state index is 0.0497. The van der Waals surface area contributed by atoms with E-state index in [4.69, 9.17) is 0 Å². The van der Waals surface area contributed by atoms with Crippen molar-refractivity contribution in [2.24, 2.45) is 5.92 Å². The van der Waals surface area contributed by atoms with Crippen LogP contribution in [0.25, 0.3) is 0 Å². The molecule has 1 aliphatic rings. The van der Waals surface area contributed by atoms with Gasteiger partial charge in [-0.15, -0.1) is 0 Å². The predicted octanol–water partition coefficient (Wildman–Crippen LogP) is 2.15. The predicted molar refractivity (Wildman–Crippen MR) is 85.5 cm³/mol. The number of ether oxygens (including phenoxy) is 1. The molecular weight excluding hydrogens is 299 g/mol. The first-order chi connectivity index (χ1) is 11.1. The first-order valence-corrected chi connectivity index (χ1v) is 8.08. The molecule has 128 valence electrons. The fourth-order valence-electron chi connectivity index (χ4n) is 3.25. The number of carbonyl (C=O) groups is 1. The summed E-state index contributed by atoms with van der Waals surface area (Å²) >= 11 is 0. The number of nitrogens with one attached hydrogen (secondary N) is 2. The summed E-state index contributed by atoms with van der Waals surface area (Å²) in [5.41, 5.74) is -0.900. The van der Waals surface area contributed by atoms with E-state index >= 15 is 0 Å². The number of amides is 1. The first-order valence-electron chi connectivity index (χ1n) is 8.08. The molecule has 1 saturated heterocycles. The Labute approximate surface area is 136 Å². The van der Waals surface area contributed by atoms with Crippen LogP contribution in [0, 0.1) is 11.7 Å². The highest BCUT2D eigenvalue weighted by Crippen LogP contribution is 2.38. The maximum absolute atomic E-state index is 14.3. The molecule has 1 heterocycles. The Balaban J connectivity index is 2.11. The van der Waals surface area contributed by atoms with Gasteiger partial charge in [-0.05, 0) is 38.3 Å². The van der Waals surface area contributed by atoms with Crippen molar-refractivity contribution in [1.82, 2.24) is 10.6 Å². The third-order valence-corrected chi connectivity index (χ3v) is 4.50. The van der Waals surface area contributed by atoms with Gasteiger partial charge in [0.2, 0.25) is 0 Å². The number of aliphatic hydroxyl groups is 1. The number of methoxy groups -OCH3 is 1. The maximum Gasteiger partial charge on any atom is 0.406 e. The number of piperidine rings is 1. The Morgan fingerprint density at radius 1 is 1.52 bits per heavy atom. The van der Waals surface area contributed by atoms with Crippen LogP contribution in [0.1, 0.15) is 31.2 Å². The SMILES string of the molecule is COC(=O)NCCCC(O)(c1ccccc1F)C1CCCNC1. The van der Waals surface area contributed by atoms with Gasteiger partial charge in [-0.3, -0.25) is 0 Å². The molecule has 2 rings (SSSR count). The Bertz CT molecular complexity index is 520. The highest BCUT2D eigenvalue weighted by molar-refractivity contribution is 5.66. The van der Waals surface area contributed by atoms with Crippen molar-refractivity contribution < 1.29 is 19.0 Å². The molecule has 1 fully saturated rings. The second kappa shape index (κ2) is 8.26. The van der Waals surface area contributed by atoms with Gasteiger partial charge in [-0.2, -0.15) is 0 Å². The van der Waals surface area contributed by atoms with Crippen LogP contribution in [-0.4, -0.2) is 37.9 Å². The van der Waals surface area contributed by atoms with Crippen LogP contribution >= 0.6 is 0 Å². The minimum Gasteiger partial charge on any atom is -0.453 e. The molecule has 23 heavy (non-hydrogen) atoms. The summed E-state index contributed by atoms with van der Waals surface area (Å²) in [4.78, 5) is 11.1. The lowest BCUT2D eigenvalue weighted by molar-refractivity contribution is -0.0447. The number of hydrogen-bond donors (Lipinski definition) is 3. The molecule has 3 N–H and O–H groups in total. The van der Waals surface area contributed by atoms with E-state index in [0.717, 1.165) is 19.4 Å². The Kier molecular flexibility index (Phi) is 6.36. The molecule has 1 amide bonds. The number of halogens is 1. The zero-order chi connectivity index (χ0) is 16.7. The summed E-state index contributed by atoms with van der Waals surface area (Å²) in [5, 5.41) is 17.2. The topological polar surface area (TPSA) is 70.6 Å². The third-order valence-electron chi connectivity index (χ3n) is 4.50. The van der Waals surface area contributed by atoms with E-state index in [9.17, 15) is 14.3 Å². The molecule has 5 nitrogen and oxygen atoms in total. The molecule has 0 bridgehead atoms. The van der Waals surface area contributed by atoms with E-state index in [1.54, 1.807) is 18.2 Å². The number of alkyl carbamates (subject to hydrolysis) is 1. The number of hydrogen-bond acceptors (Lipinski definition) is 4. The minimum atomic E-state index is -1.24. The van der Waals surface area contributed by atoms with Gasteiger partial charge in [0, 0.05) is 24.6 Å². The molecular formula is C17H25FN2O3. The largest absolute Gasteiger partial charge is 0.453 e. The Morgan fingerprint density at radius 2 is 2.30 bits per heavy atom. The lowest BCUT2D eigenvalue weighted by Gasteiger charge is -2.39. The van der Waals surface area contributed by atoms with Gasteiger partial charge in [0.05, 0.1) is 12.7 Å². The number of carbonyl (C=O) groups excluding carboxylic acids is 1. The molecule has 6 heteroatoms. The molecule has 1 aromatic rings. The van der Waals surface area contributed by atoms with E-state index in [1.165, 1.54) is 13.2 Å². The first kappa shape index (κ1) is 17.7. The molecule has 2 unspecified atom stereocenters. The average Bonchev–Trinajstić information content (AvgIpc) is 2.59. The Hall–Kier alpha value is -1.66. The number of rotatable bonds is 6. The molecule has 0 radical (unpaired) electrons. The van der Waals surface area contributed by atoms with E-state index in [1.807, 2.05) is 0 Å². The van der Waals surface area contributed by atoms with E-state index < -0.39 is 11.7 Å². The summed E-state index contributed by atoms with van der Waals surface area (Å²) in [6.07, 6.45) is 2.23. The smallest absolute Gasteiger partial charge is 0.406 e. The van der Waals surface area contributed by atoms with Gasteiger partial charge >= 0.3 is 6.09 Å². The van der Waals surface area contributed by atoms with Gasteiger partial charge < -0.3 is 20.5 Å². The van der Waals surface area contributed by atoms with Crippen molar-refractivity contribution in [2.45, 2.75) is 31.3 Å². The van der Waals surface area contributed by atoms with Crippen LogP contribution in [0.3, 0.4) is 0 Å². The molecule has 1 aliphatic heterocycles. The number of benzene rings is 1. The molecule has 0 aromatic heterocycles. The third kappa shape index (κ3) is 4.42. The lowest BCUT2D eigenvalue weighted by Crippen LogP contribution is -2.45. The maximum atomic E-state index is 14.3. The van der Waals surface area contributed by atoms with Gasteiger partial charge in [0.1, 0.15) is 5.82 Å².